The van der Waals surface area contributed by atoms with Gasteiger partial charge in [0, 0.05) is 19.6 Å². The highest BCUT2D eigenvalue weighted by Crippen LogP contribution is 2.18. The molecular formula is C15H21F2NO2. The van der Waals surface area contributed by atoms with Gasteiger partial charge in [-0.15, -0.1) is 0 Å². The van der Waals surface area contributed by atoms with E-state index in [2.05, 4.69) is 5.32 Å². The van der Waals surface area contributed by atoms with E-state index in [1.165, 1.54) is 0 Å². The molecule has 5 heteroatoms. The molecule has 1 aromatic carbocycles. The van der Waals surface area contributed by atoms with Gasteiger partial charge in [-0.05, 0) is 42.0 Å². The van der Waals surface area contributed by atoms with E-state index >= 15 is 0 Å². The number of aliphatic hydroxyl groups excluding tert-OH is 1. The van der Waals surface area contributed by atoms with Crippen molar-refractivity contribution in [3.63, 3.8) is 0 Å². The van der Waals surface area contributed by atoms with Gasteiger partial charge in [0.15, 0.2) is 0 Å². The lowest BCUT2D eigenvalue weighted by molar-refractivity contribution is -0.121. The Morgan fingerprint density at radius 3 is 2.70 bits per heavy atom. The van der Waals surface area contributed by atoms with Crippen molar-refractivity contribution in [1.82, 2.24) is 5.32 Å². The first-order chi connectivity index (χ1) is 9.34. The molecule has 0 unspecified atom stereocenters. The summed E-state index contributed by atoms with van der Waals surface area (Å²) in [5.41, 5.74) is 0.0175. The van der Waals surface area contributed by atoms with Crippen LogP contribution in [0.3, 0.4) is 0 Å². The molecule has 0 aromatic heterocycles. The van der Waals surface area contributed by atoms with Crippen LogP contribution in [0.2, 0.25) is 0 Å². The van der Waals surface area contributed by atoms with Crippen molar-refractivity contribution in [3.8, 4) is 0 Å². The minimum Gasteiger partial charge on any atom is -0.396 e. The highest BCUT2D eigenvalue weighted by molar-refractivity contribution is 5.76. The van der Waals surface area contributed by atoms with Crippen molar-refractivity contribution < 1.29 is 18.7 Å². The Bertz CT molecular complexity index is 461. The minimum absolute atomic E-state index is 0.0668. The van der Waals surface area contributed by atoms with Crippen molar-refractivity contribution in [1.29, 1.82) is 0 Å². The van der Waals surface area contributed by atoms with Gasteiger partial charge in [-0.25, -0.2) is 8.78 Å². The summed E-state index contributed by atoms with van der Waals surface area (Å²) in [6, 6.07) is 3.22. The van der Waals surface area contributed by atoms with Gasteiger partial charge in [-0.1, -0.05) is 13.8 Å². The van der Waals surface area contributed by atoms with Gasteiger partial charge in [-0.3, -0.25) is 4.79 Å². The third-order valence-corrected chi connectivity index (χ3v) is 3.18. The minimum atomic E-state index is -0.508. The summed E-state index contributed by atoms with van der Waals surface area (Å²) in [5.74, 6) is -1.22. The van der Waals surface area contributed by atoms with Crippen LogP contribution >= 0.6 is 0 Å². The summed E-state index contributed by atoms with van der Waals surface area (Å²) in [6.45, 7) is 4.39. The topological polar surface area (TPSA) is 49.3 Å². The standard InChI is InChI=1S/C15H21F2NO2/c1-15(2,7-8-19)10-18-14(20)6-3-11-9-12(16)4-5-13(11)17/h4-5,9,19H,3,6-8,10H2,1-2H3,(H,18,20). The predicted molar refractivity (Wildman–Crippen MR) is 73.2 cm³/mol. The average molecular weight is 285 g/mol. The maximum atomic E-state index is 13.4. The van der Waals surface area contributed by atoms with Crippen LogP contribution in [0.5, 0.6) is 0 Å². The monoisotopic (exact) mass is 285 g/mol. The fourth-order valence-corrected chi connectivity index (χ4v) is 1.80. The number of rotatable bonds is 7. The predicted octanol–water partition coefficient (Wildman–Crippen LogP) is 2.42. The molecule has 1 aromatic rings. The molecule has 0 aliphatic rings. The number of aryl methyl sites for hydroxylation is 1. The molecule has 0 spiro atoms. The summed E-state index contributed by atoms with van der Waals surface area (Å²) in [6.07, 6.45) is 0.858. The fourth-order valence-electron chi connectivity index (χ4n) is 1.80. The summed E-state index contributed by atoms with van der Waals surface area (Å²) < 4.78 is 26.3. The van der Waals surface area contributed by atoms with E-state index in [0.717, 1.165) is 18.2 Å². The van der Waals surface area contributed by atoms with Crippen LogP contribution in [-0.2, 0) is 11.2 Å². The molecule has 0 saturated heterocycles. The van der Waals surface area contributed by atoms with Crippen molar-refractivity contribution in [3.05, 3.63) is 35.4 Å². The van der Waals surface area contributed by atoms with Crippen molar-refractivity contribution >= 4 is 5.91 Å². The van der Waals surface area contributed by atoms with Crippen molar-refractivity contribution in [2.75, 3.05) is 13.2 Å². The summed E-state index contributed by atoms with van der Waals surface area (Å²) in [5, 5.41) is 11.6. The van der Waals surface area contributed by atoms with E-state index in [-0.39, 0.29) is 36.3 Å². The number of nitrogens with one attached hydrogen (secondary N) is 1. The molecule has 2 N–H and O–H groups in total. The number of amides is 1. The fraction of sp³-hybridized carbons (Fsp3) is 0.533. The van der Waals surface area contributed by atoms with Gasteiger partial charge in [0.2, 0.25) is 5.91 Å². The first kappa shape index (κ1) is 16.6. The number of halogens is 2. The normalized spacial score (nSPS) is 11.4. The van der Waals surface area contributed by atoms with Gasteiger partial charge in [-0.2, -0.15) is 0 Å². The highest BCUT2D eigenvalue weighted by Gasteiger charge is 2.18. The number of carbonyl (C=O) groups excluding carboxylic acids is 1. The van der Waals surface area contributed by atoms with Crippen LogP contribution in [-0.4, -0.2) is 24.2 Å². The molecule has 0 aliphatic heterocycles. The molecule has 3 nitrogen and oxygen atoms in total. The molecule has 0 heterocycles. The van der Waals surface area contributed by atoms with E-state index in [1.54, 1.807) is 0 Å². The molecule has 0 bridgehead atoms. The second kappa shape index (κ2) is 7.33. The molecule has 1 rings (SSSR count). The Labute approximate surface area is 118 Å². The van der Waals surface area contributed by atoms with E-state index in [9.17, 15) is 13.6 Å². The first-order valence-corrected chi connectivity index (χ1v) is 6.65. The van der Waals surface area contributed by atoms with Crippen LogP contribution < -0.4 is 5.32 Å². The zero-order valence-electron chi connectivity index (χ0n) is 11.9. The Balaban J connectivity index is 2.42. The first-order valence-electron chi connectivity index (χ1n) is 6.65. The van der Waals surface area contributed by atoms with Crippen LogP contribution in [0.25, 0.3) is 0 Å². The maximum absolute atomic E-state index is 13.4. The lowest BCUT2D eigenvalue weighted by Crippen LogP contribution is -2.34. The Morgan fingerprint density at radius 1 is 1.35 bits per heavy atom. The van der Waals surface area contributed by atoms with E-state index in [4.69, 9.17) is 5.11 Å². The zero-order chi connectivity index (χ0) is 15.2. The van der Waals surface area contributed by atoms with Crippen molar-refractivity contribution in [2.45, 2.75) is 33.1 Å². The summed E-state index contributed by atoms with van der Waals surface area (Å²) in [4.78, 5) is 11.7. The largest absolute Gasteiger partial charge is 0.396 e. The highest BCUT2D eigenvalue weighted by atomic mass is 19.1. The number of hydrogen-bond acceptors (Lipinski definition) is 2. The van der Waals surface area contributed by atoms with Gasteiger partial charge < -0.3 is 10.4 Å². The Hall–Kier alpha value is -1.49. The maximum Gasteiger partial charge on any atom is 0.220 e. The molecular weight excluding hydrogens is 264 g/mol. The third kappa shape index (κ3) is 5.65. The third-order valence-electron chi connectivity index (χ3n) is 3.18. The lowest BCUT2D eigenvalue weighted by Gasteiger charge is -2.23. The van der Waals surface area contributed by atoms with Gasteiger partial charge in [0.25, 0.3) is 0 Å². The van der Waals surface area contributed by atoms with Crippen LogP contribution in [0.1, 0.15) is 32.3 Å². The molecule has 0 saturated carbocycles. The molecule has 1 amide bonds. The zero-order valence-corrected chi connectivity index (χ0v) is 11.9. The molecule has 0 radical (unpaired) electrons. The second-order valence-corrected chi connectivity index (χ2v) is 5.65. The lowest BCUT2D eigenvalue weighted by atomic mass is 9.90. The van der Waals surface area contributed by atoms with Gasteiger partial charge >= 0.3 is 0 Å². The summed E-state index contributed by atoms with van der Waals surface area (Å²) in [7, 11) is 0. The molecule has 0 atom stereocenters. The number of benzene rings is 1. The van der Waals surface area contributed by atoms with Crippen LogP contribution in [0, 0.1) is 17.0 Å². The van der Waals surface area contributed by atoms with Gasteiger partial charge in [0.05, 0.1) is 0 Å². The van der Waals surface area contributed by atoms with Gasteiger partial charge in [0.1, 0.15) is 11.6 Å². The molecule has 20 heavy (non-hydrogen) atoms. The summed E-state index contributed by atoms with van der Waals surface area (Å²) >= 11 is 0. The van der Waals surface area contributed by atoms with E-state index in [0.29, 0.717) is 13.0 Å². The Morgan fingerprint density at radius 2 is 2.05 bits per heavy atom. The molecule has 112 valence electrons. The quantitative estimate of drug-likeness (QED) is 0.808. The number of aliphatic hydroxyl groups is 1. The SMILES string of the molecule is CC(C)(CCO)CNC(=O)CCc1cc(F)ccc1F. The van der Waals surface area contributed by atoms with E-state index in [1.807, 2.05) is 13.8 Å². The Kier molecular flexibility index (Phi) is 6.07. The van der Waals surface area contributed by atoms with Crippen LogP contribution in [0.4, 0.5) is 8.78 Å². The molecule has 0 fully saturated rings. The smallest absolute Gasteiger partial charge is 0.220 e. The van der Waals surface area contributed by atoms with Crippen molar-refractivity contribution in [2.24, 2.45) is 5.41 Å². The second-order valence-electron chi connectivity index (χ2n) is 5.65. The number of hydrogen-bond donors (Lipinski definition) is 2. The average Bonchev–Trinajstić information content (AvgIpc) is 2.37. The molecule has 0 aliphatic carbocycles. The number of carbonyl (C=O) groups is 1. The van der Waals surface area contributed by atoms with E-state index < -0.39 is 11.6 Å². The van der Waals surface area contributed by atoms with Crippen LogP contribution in [0.15, 0.2) is 18.2 Å².